The highest BCUT2D eigenvalue weighted by atomic mass is 19.2. The van der Waals surface area contributed by atoms with E-state index in [1.165, 1.54) is 27.7 Å². The number of hydrogen-bond donors (Lipinski definition) is 0. The number of rotatable bonds is 1. The van der Waals surface area contributed by atoms with Crippen LogP contribution in [-0.4, -0.2) is 0 Å². The van der Waals surface area contributed by atoms with E-state index in [1.54, 1.807) is 0 Å². The van der Waals surface area contributed by atoms with Crippen LogP contribution < -0.4 is 0 Å². The molecule has 12 heavy (non-hydrogen) atoms. The van der Waals surface area contributed by atoms with E-state index in [0.717, 1.165) is 0 Å². The lowest BCUT2D eigenvalue weighted by Crippen LogP contribution is -1.82. The van der Waals surface area contributed by atoms with Crippen LogP contribution >= 0.6 is 0 Å². The first-order valence-corrected chi connectivity index (χ1v) is 4.13. The van der Waals surface area contributed by atoms with Gasteiger partial charge in [-0.05, 0) is 38.8 Å². The normalized spacial score (nSPS) is 8.00. The van der Waals surface area contributed by atoms with Crippen LogP contribution in [0.5, 0.6) is 0 Å². The van der Waals surface area contributed by atoms with Crippen molar-refractivity contribution >= 4 is 0 Å². The molecule has 72 valence electrons. The zero-order valence-electron chi connectivity index (χ0n) is 8.76. The van der Waals surface area contributed by atoms with E-state index in [9.17, 15) is 8.78 Å². The van der Waals surface area contributed by atoms with Gasteiger partial charge in [0, 0.05) is 0 Å². The second-order valence-corrected chi connectivity index (χ2v) is 2.63. The van der Waals surface area contributed by atoms with E-state index >= 15 is 0 Å². The van der Waals surface area contributed by atoms with Crippen molar-refractivity contribution in [1.82, 2.24) is 0 Å². The van der Waals surface area contributed by atoms with Gasteiger partial charge in [-0.2, -0.15) is 0 Å². The minimum Gasteiger partial charge on any atom is -0.204 e. The van der Waals surface area contributed by atoms with Crippen molar-refractivity contribution in [3.05, 3.63) is 22.8 Å². The van der Waals surface area contributed by atoms with Crippen molar-refractivity contribution in [2.24, 2.45) is 0 Å². The molecule has 0 N–H and O–H groups in total. The summed E-state index contributed by atoms with van der Waals surface area (Å²) in [5.74, 6) is -1.47. The molecular weight excluding hydrogens is 158 g/mol. The third kappa shape index (κ3) is 5.05. The molecule has 0 amide bonds. The topological polar surface area (TPSA) is 0 Å². The summed E-state index contributed by atoms with van der Waals surface area (Å²) >= 11 is 0. The molecule has 0 aliphatic heterocycles. The Balaban J connectivity index is 0. The lowest BCUT2D eigenvalue weighted by Gasteiger charge is -1.97. The number of hydrogen-bond acceptors (Lipinski definition) is 0. The Kier molecular flexibility index (Phi) is 8.12. The lowest BCUT2D eigenvalue weighted by atomic mass is 10.2. The maximum atomic E-state index is 12.6. The Bertz CT molecular complexity index is 158. The molecule has 0 radical (unpaired) electrons. The minimum absolute atomic E-state index is 0.374. The summed E-state index contributed by atoms with van der Waals surface area (Å²) in [6.07, 6.45) is 0. The van der Waals surface area contributed by atoms with Crippen LogP contribution in [0.25, 0.3) is 0 Å². The summed E-state index contributed by atoms with van der Waals surface area (Å²) in [5, 5.41) is 0. The van der Waals surface area contributed by atoms with Gasteiger partial charge in [-0.1, -0.05) is 13.8 Å². The van der Waals surface area contributed by atoms with Gasteiger partial charge in [0.2, 0.25) is 0 Å². The van der Waals surface area contributed by atoms with Crippen LogP contribution in [-0.2, 0) is 0 Å². The van der Waals surface area contributed by atoms with Crippen LogP contribution in [0.2, 0.25) is 0 Å². The lowest BCUT2D eigenvalue weighted by molar-refractivity contribution is 0.530. The Morgan fingerprint density at radius 2 is 0.833 bits per heavy atom. The molecule has 0 aromatic carbocycles. The first kappa shape index (κ1) is 13.9. The molecule has 2 heteroatoms. The summed E-state index contributed by atoms with van der Waals surface area (Å²) in [4.78, 5) is 0. The molecule has 0 aliphatic rings. The second-order valence-electron chi connectivity index (χ2n) is 2.63. The maximum absolute atomic E-state index is 12.6. The van der Waals surface area contributed by atoms with E-state index in [-0.39, 0.29) is 0 Å². The highest BCUT2D eigenvalue weighted by Gasteiger charge is 2.05. The average molecular weight is 176 g/mol. The molecule has 0 aromatic heterocycles. The van der Waals surface area contributed by atoms with Crippen molar-refractivity contribution in [2.75, 3.05) is 0 Å². The van der Waals surface area contributed by atoms with E-state index in [0.29, 0.717) is 11.1 Å². The van der Waals surface area contributed by atoms with Gasteiger partial charge in [-0.25, -0.2) is 8.78 Å². The van der Waals surface area contributed by atoms with Gasteiger partial charge in [0.25, 0.3) is 0 Å². The second kappa shape index (κ2) is 7.01. The van der Waals surface area contributed by atoms with Crippen molar-refractivity contribution in [3.63, 3.8) is 0 Å². The van der Waals surface area contributed by atoms with Gasteiger partial charge in [-0.15, -0.1) is 0 Å². The standard InChI is InChI=1S/C8H12F2.C2H6/c1-5(2)7(9)8(10)6(3)4;1-2/h1-4H3;1-2H3. The number of allylic oxidation sites excluding steroid dienone is 4. The van der Waals surface area contributed by atoms with Crippen LogP contribution in [0.15, 0.2) is 22.8 Å². The summed E-state index contributed by atoms with van der Waals surface area (Å²) in [7, 11) is 0. The van der Waals surface area contributed by atoms with Crippen molar-refractivity contribution in [1.29, 1.82) is 0 Å². The fraction of sp³-hybridized carbons (Fsp3) is 0.600. The number of halogens is 2. The molecule has 0 saturated heterocycles. The highest BCUT2D eigenvalue weighted by molar-refractivity contribution is 5.25. The van der Waals surface area contributed by atoms with Crippen LogP contribution in [0.3, 0.4) is 0 Å². The fourth-order valence-electron chi connectivity index (χ4n) is 0.439. The zero-order valence-corrected chi connectivity index (χ0v) is 8.76. The van der Waals surface area contributed by atoms with Crippen molar-refractivity contribution < 1.29 is 8.78 Å². The predicted molar refractivity (Wildman–Crippen MR) is 50.3 cm³/mol. The molecule has 0 fully saturated rings. The van der Waals surface area contributed by atoms with E-state index in [4.69, 9.17) is 0 Å². The van der Waals surface area contributed by atoms with E-state index in [2.05, 4.69) is 0 Å². The average Bonchev–Trinajstić information content (AvgIpc) is 2.05. The Hall–Kier alpha value is -0.660. The maximum Gasteiger partial charge on any atom is 0.157 e. The minimum atomic E-state index is -0.736. The Morgan fingerprint density at radius 1 is 0.667 bits per heavy atom. The molecule has 0 bridgehead atoms. The fourth-order valence-corrected chi connectivity index (χ4v) is 0.439. The zero-order chi connectivity index (χ0) is 10.3. The van der Waals surface area contributed by atoms with Gasteiger partial charge in [-0.3, -0.25) is 0 Å². The summed E-state index contributed by atoms with van der Waals surface area (Å²) in [5.41, 5.74) is 0.748. The first-order valence-electron chi connectivity index (χ1n) is 4.13. The van der Waals surface area contributed by atoms with E-state index < -0.39 is 11.7 Å². The van der Waals surface area contributed by atoms with Gasteiger partial charge >= 0.3 is 0 Å². The highest BCUT2D eigenvalue weighted by Crippen LogP contribution is 2.20. The molecule has 0 nitrogen and oxygen atoms in total. The summed E-state index contributed by atoms with van der Waals surface area (Å²) in [6.45, 7) is 10.2. The van der Waals surface area contributed by atoms with Crippen molar-refractivity contribution in [2.45, 2.75) is 41.5 Å². The quantitative estimate of drug-likeness (QED) is 0.514. The van der Waals surface area contributed by atoms with Gasteiger partial charge in [0.1, 0.15) is 0 Å². The summed E-state index contributed by atoms with van der Waals surface area (Å²) < 4.78 is 25.2. The summed E-state index contributed by atoms with van der Waals surface area (Å²) in [6, 6.07) is 0. The third-order valence-electron chi connectivity index (χ3n) is 1.07. The van der Waals surface area contributed by atoms with Crippen LogP contribution in [0.1, 0.15) is 41.5 Å². The molecule has 0 saturated carbocycles. The predicted octanol–water partition coefficient (Wildman–Crippen LogP) is 4.54. The Morgan fingerprint density at radius 3 is 0.917 bits per heavy atom. The van der Waals surface area contributed by atoms with Gasteiger partial charge in [0.15, 0.2) is 11.7 Å². The van der Waals surface area contributed by atoms with Crippen molar-refractivity contribution in [3.8, 4) is 0 Å². The molecular formula is C10H18F2. The molecule has 0 rings (SSSR count). The molecule has 0 atom stereocenters. The molecule has 0 spiro atoms. The molecule has 0 unspecified atom stereocenters. The molecule has 0 aromatic rings. The molecule has 0 heterocycles. The third-order valence-corrected chi connectivity index (χ3v) is 1.07. The van der Waals surface area contributed by atoms with E-state index in [1.807, 2.05) is 13.8 Å². The monoisotopic (exact) mass is 176 g/mol. The molecule has 0 aliphatic carbocycles. The van der Waals surface area contributed by atoms with Crippen LogP contribution in [0, 0.1) is 0 Å². The van der Waals surface area contributed by atoms with Crippen LogP contribution in [0.4, 0.5) is 8.78 Å². The van der Waals surface area contributed by atoms with Gasteiger partial charge in [0.05, 0.1) is 0 Å². The SMILES string of the molecule is CC.CC(C)=C(F)C(F)=C(C)C. The smallest absolute Gasteiger partial charge is 0.157 e. The first-order chi connectivity index (χ1) is 5.46. The Labute approximate surface area is 74.0 Å². The van der Waals surface area contributed by atoms with Gasteiger partial charge < -0.3 is 0 Å². The largest absolute Gasteiger partial charge is 0.204 e.